The Morgan fingerprint density at radius 2 is 1.87 bits per heavy atom. The molecule has 0 unspecified atom stereocenters. The number of morpholine rings is 1. The van der Waals surface area contributed by atoms with Gasteiger partial charge >= 0.3 is 17.8 Å². The fourth-order valence-corrected chi connectivity index (χ4v) is 7.13. The number of urea groups is 1. The van der Waals surface area contributed by atoms with Gasteiger partial charge in [-0.25, -0.2) is 14.6 Å². The number of unbranched alkanes of at least 4 members (excludes halogenated alkanes) is 1. The number of ether oxygens (including phenoxy) is 2. The van der Waals surface area contributed by atoms with E-state index in [0.29, 0.717) is 75.2 Å². The minimum absolute atomic E-state index is 0.00762. The van der Waals surface area contributed by atoms with Crippen LogP contribution < -0.4 is 25.9 Å². The number of carbonyl (C=O) groups excluding carboxylic acids is 2. The van der Waals surface area contributed by atoms with Crippen LogP contribution in [0.5, 0.6) is 5.75 Å². The molecule has 0 bridgehead atoms. The standard InChI is InChI=1S/C38H42BrF3N6O6/c1-22-13-32(29(16-28(22)39)45-36(51)46-33-19-43-23(2)18-44-33)53-21-25-20-47(11-12-52-25)34(49)7-5-6-10-48-30-17-31-26(14-24(30)8-9-37(48,3)4)27(38(40,41)42)15-35(50)54-31/h13-19,25H,5-12,20-21H2,1-4H3,(H2,44,45,46,51)/t25-/m0/s1. The Hall–Kier alpha value is -4.70. The normalized spacial score (nSPS) is 16.9. The average molecular weight is 816 g/mol. The van der Waals surface area contributed by atoms with Crippen LogP contribution >= 0.6 is 15.9 Å². The molecule has 2 aliphatic rings. The summed E-state index contributed by atoms with van der Waals surface area (Å²) in [5.74, 6) is 0.724. The summed E-state index contributed by atoms with van der Waals surface area (Å²) >= 11 is 3.51. The molecule has 1 saturated heterocycles. The van der Waals surface area contributed by atoms with E-state index in [9.17, 15) is 27.6 Å². The van der Waals surface area contributed by atoms with Crippen molar-refractivity contribution >= 4 is 56.0 Å². The van der Waals surface area contributed by atoms with Gasteiger partial charge in [-0.2, -0.15) is 13.2 Å². The Morgan fingerprint density at radius 3 is 2.61 bits per heavy atom. The van der Waals surface area contributed by atoms with Crippen LogP contribution in [0.4, 0.5) is 35.2 Å². The zero-order valence-electron chi connectivity index (χ0n) is 30.4. The second-order valence-electron chi connectivity index (χ2n) is 14.2. The van der Waals surface area contributed by atoms with Crippen LogP contribution in [0.25, 0.3) is 11.0 Å². The minimum atomic E-state index is -4.69. The zero-order chi connectivity index (χ0) is 38.8. The average Bonchev–Trinajstić information content (AvgIpc) is 3.11. The molecular formula is C38H42BrF3N6O6. The van der Waals surface area contributed by atoms with Gasteiger partial charge in [0.1, 0.15) is 24.0 Å². The van der Waals surface area contributed by atoms with Crippen LogP contribution in [0, 0.1) is 13.8 Å². The summed E-state index contributed by atoms with van der Waals surface area (Å²) in [6.07, 6.45) is 0.831. The van der Waals surface area contributed by atoms with Crippen LogP contribution in [0.2, 0.25) is 0 Å². The third-order valence-electron chi connectivity index (χ3n) is 9.75. The lowest BCUT2D eigenvalue weighted by atomic mass is 9.85. The molecule has 0 radical (unpaired) electrons. The van der Waals surface area contributed by atoms with E-state index in [1.54, 1.807) is 36.2 Å². The summed E-state index contributed by atoms with van der Waals surface area (Å²) in [4.78, 5) is 50.3. The maximum absolute atomic E-state index is 13.8. The number of nitrogens with one attached hydrogen (secondary N) is 2. The number of fused-ring (bicyclic) bond motifs is 2. The van der Waals surface area contributed by atoms with Crippen molar-refractivity contribution in [3.05, 3.63) is 80.0 Å². The maximum Gasteiger partial charge on any atom is 0.417 e. The van der Waals surface area contributed by atoms with Gasteiger partial charge in [0.25, 0.3) is 0 Å². The molecule has 1 atom stereocenters. The van der Waals surface area contributed by atoms with E-state index in [0.717, 1.165) is 33.4 Å². The molecule has 2 aromatic heterocycles. The van der Waals surface area contributed by atoms with Gasteiger partial charge < -0.3 is 29.0 Å². The maximum atomic E-state index is 13.8. The summed E-state index contributed by atoms with van der Waals surface area (Å²) in [7, 11) is 0. The number of carbonyl (C=O) groups is 2. The molecule has 0 aliphatic carbocycles. The summed E-state index contributed by atoms with van der Waals surface area (Å²) in [5, 5.41) is 5.32. The third kappa shape index (κ3) is 9.14. The van der Waals surface area contributed by atoms with Crippen molar-refractivity contribution in [2.45, 2.75) is 77.6 Å². The number of alkyl halides is 3. The highest BCUT2D eigenvalue weighted by Gasteiger charge is 2.37. The Bertz CT molecular complexity index is 2090. The summed E-state index contributed by atoms with van der Waals surface area (Å²) in [6.45, 7) is 9.71. The van der Waals surface area contributed by atoms with Gasteiger partial charge in [-0.3, -0.25) is 15.1 Å². The number of aryl methyl sites for hydroxylation is 3. The van der Waals surface area contributed by atoms with Crippen LogP contribution in [0.15, 0.2) is 56.4 Å². The van der Waals surface area contributed by atoms with Crippen molar-refractivity contribution in [1.82, 2.24) is 14.9 Å². The molecule has 1 fully saturated rings. The van der Waals surface area contributed by atoms with Crippen LogP contribution in [-0.2, 0) is 22.1 Å². The minimum Gasteiger partial charge on any atom is -0.489 e. The molecule has 2 aromatic carbocycles. The van der Waals surface area contributed by atoms with Gasteiger partial charge in [-0.15, -0.1) is 0 Å². The van der Waals surface area contributed by atoms with Crippen molar-refractivity contribution in [3.8, 4) is 5.75 Å². The molecule has 3 amide bonds. The molecule has 12 nitrogen and oxygen atoms in total. The lowest BCUT2D eigenvalue weighted by molar-refractivity contribution is -0.140. The molecule has 54 heavy (non-hydrogen) atoms. The quantitative estimate of drug-likeness (QED) is 0.122. The first kappa shape index (κ1) is 39.0. The number of nitrogens with zero attached hydrogens (tertiary/aromatic N) is 4. The highest BCUT2D eigenvalue weighted by atomic mass is 79.9. The Balaban J connectivity index is 1.03. The van der Waals surface area contributed by atoms with Crippen LogP contribution in [-0.4, -0.2) is 71.3 Å². The predicted molar refractivity (Wildman–Crippen MR) is 201 cm³/mol. The molecule has 0 spiro atoms. The largest absolute Gasteiger partial charge is 0.489 e. The number of amides is 3. The molecule has 16 heteroatoms. The molecule has 2 aliphatic heterocycles. The van der Waals surface area contributed by atoms with Crippen molar-refractivity contribution in [3.63, 3.8) is 0 Å². The van der Waals surface area contributed by atoms with Crippen molar-refractivity contribution < 1.29 is 36.7 Å². The molecule has 4 heterocycles. The van der Waals surface area contributed by atoms with Crippen molar-refractivity contribution in [1.29, 1.82) is 0 Å². The molecule has 288 valence electrons. The number of aromatic nitrogens is 2. The van der Waals surface area contributed by atoms with E-state index in [2.05, 4.69) is 55.3 Å². The van der Waals surface area contributed by atoms with E-state index >= 15 is 0 Å². The molecular weight excluding hydrogens is 773 g/mol. The van der Waals surface area contributed by atoms with Gasteiger partial charge in [0.2, 0.25) is 5.91 Å². The predicted octanol–water partition coefficient (Wildman–Crippen LogP) is 7.63. The Labute approximate surface area is 318 Å². The van der Waals surface area contributed by atoms with Crippen LogP contribution in [0.3, 0.4) is 0 Å². The van der Waals surface area contributed by atoms with Crippen molar-refractivity contribution in [2.24, 2.45) is 0 Å². The number of rotatable bonds is 10. The van der Waals surface area contributed by atoms with E-state index in [4.69, 9.17) is 13.9 Å². The summed E-state index contributed by atoms with van der Waals surface area (Å²) < 4.78 is 59.3. The second kappa shape index (κ2) is 16.0. The molecule has 6 rings (SSSR count). The van der Waals surface area contributed by atoms with Gasteiger partial charge in [-0.05, 0) is 82.7 Å². The number of halogens is 4. The van der Waals surface area contributed by atoms with Crippen LogP contribution in [0.1, 0.15) is 61.9 Å². The number of hydrogen-bond acceptors (Lipinski definition) is 9. The smallest absolute Gasteiger partial charge is 0.417 e. The summed E-state index contributed by atoms with van der Waals surface area (Å²) in [6, 6.07) is 6.58. The van der Waals surface area contributed by atoms with E-state index in [1.807, 2.05) is 6.92 Å². The van der Waals surface area contributed by atoms with E-state index in [1.165, 1.54) is 12.3 Å². The topological polar surface area (TPSA) is 139 Å². The lowest BCUT2D eigenvalue weighted by Gasteiger charge is -2.45. The fourth-order valence-electron chi connectivity index (χ4n) is 6.79. The fraction of sp³-hybridized carbons (Fsp3) is 0.447. The number of benzene rings is 2. The highest BCUT2D eigenvalue weighted by molar-refractivity contribution is 9.10. The first-order chi connectivity index (χ1) is 25.6. The highest BCUT2D eigenvalue weighted by Crippen LogP contribution is 2.42. The molecule has 2 N–H and O–H groups in total. The zero-order valence-corrected chi connectivity index (χ0v) is 32.0. The monoisotopic (exact) mass is 814 g/mol. The SMILES string of the molecule is Cc1cnc(NC(=O)Nc2cc(Br)c(C)cc2OC[C@@H]2CN(C(=O)CCCCN3c4cc5oc(=O)cc(C(F)(F)F)c5cc4CCC3(C)C)CCO2)cn1. The summed E-state index contributed by atoms with van der Waals surface area (Å²) in [5.41, 5.74) is 1.11. The van der Waals surface area contributed by atoms with Gasteiger partial charge in [0, 0.05) is 52.7 Å². The van der Waals surface area contributed by atoms with Gasteiger partial charge in [0.05, 0.1) is 42.5 Å². The molecule has 0 saturated carbocycles. The van der Waals surface area contributed by atoms with Gasteiger partial charge in [0.15, 0.2) is 5.82 Å². The number of hydrogen-bond donors (Lipinski definition) is 2. The second-order valence-corrected chi connectivity index (χ2v) is 15.1. The first-order valence-electron chi connectivity index (χ1n) is 17.7. The Morgan fingerprint density at radius 1 is 1.07 bits per heavy atom. The van der Waals surface area contributed by atoms with Crippen molar-refractivity contribution in [2.75, 3.05) is 48.4 Å². The number of anilines is 3. The van der Waals surface area contributed by atoms with E-state index < -0.39 is 29.5 Å². The van der Waals surface area contributed by atoms with E-state index in [-0.39, 0.29) is 29.0 Å². The molecule has 4 aromatic rings. The lowest BCUT2D eigenvalue weighted by Crippen LogP contribution is -2.48. The first-order valence-corrected chi connectivity index (χ1v) is 18.5. The van der Waals surface area contributed by atoms with Gasteiger partial charge in [-0.1, -0.05) is 15.9 Å². The third-order valence-corrected chi connectivity index (χ3v) is 10.6. The Kier molecular flexibility index (Phi) is 11.5.